The maximum Gasteiger partial charge on any atom is 0.336 e. The lowest BCUT2D eigenvalue weighted by atomic mass is 9.89. The summed E-state index contributed by atoms with van der Waals surface area (Å²) in [5.74, 6) is 1.72. The van der Waals surface area contributed by atoms with E-state index in [0.29, 0.717) is 22.5 Å². The van der Waals surface area contributed by atoms with Crippen LogP contribution in [-0.2, 0) is 5.75 Å². The molecule has 1 fully saturated rings. The lowest BCUT2D eigenvalue weighted by molar-refractivity contribution is 0.334. The van der Waals surface area contributed by atoms with Gasteiger partial charge in [-0.05, 0) is 35.2 Å². The Balaban J connectivity index is 1.46. The van der Waals surface area contributed by atoms with Crippen LogP contribution in [0.2, 0.25) is 0 Å². The molecule has 0 spiro atoms. The number of hydrogen-bond donors (Lipinski definition) is 0. The van der Waals surface area contributed by atoms with Crippen LogP contribution in [0.25, 0.3) is 21.7 Å². The van der Waals surface area contributed by atoms with Gasteiger partial charge in [-0.15, -0.1) is 10.2 Å². The average Bonchev–Trinajstić information content (AvgIpc) is 3.21. The van der Waals surface area contributed by atoms with Crippen molar-refractivity contribution in [1.82, 2.24) is 10.2 Å². The average molecular weight is 392 g/mol. The normalized spacial score (nSPS) is 15.4. The molecule has 0 unspecified atom stereocenters. The minimum Gasteiger partial charge on any atom is -0.423 e. The number of rotatable bonds is 4. The molecule has 2 aromatic heterocycles. The summed E-state index contributed by atoms with van der Waals surface area (Å²) in [6.45, 7) is 0. The number of benzene rings is 2. The molecule has 142 valence electrons. The fraction of sp³-hybridized carbons (Fsp3) is 0.318. The van der Waals surface area contributed by atoms with Crippen LogP contribution < -0.4 is 5.63 Å². The Hall–Kier alpha value is -2.60. The quantitative estimate of drug-likeness (QED) is 0.253. The summed E-state index contributed by atoms with van der Waals surface area (Å²) in [5.41, 5.74) is 1.19. The molecule has 0 aliphatic heterocycles. The SMILES string of the molecule is O=c1cc(CSc2nnc(C3CCCCC3)o2)c2c(ccc3ccccc32)o1. The molecule has 0 N–H and O–H groups in total. The van der Waals surface area contributed by atoms with E-state index in [9.17, 15) is 4.79 Å². The molecule has 0 atom stereocenters. The predicted octanol–water partition coefficient (Wildman–Crippen LogP) is 5.67. The first-order valence-electron chi connectivity index (χ1n) is 9.68. The van der Waals surface area contributed by atoms with Gasteiger partial charge in [-0.3, -0.25) is 0 Å². The summed E-state index contributed by atoms with van der Waals surface area (Å²) in [7, 11) is 0. The lowest BCUT2D eigenvalue weighted by Gasteiger charge is -2.17. The van der Waals surface area contributed by atoms with Gasteiger partial charge in [0.1, 0.15) is 5.58 Å². The molecule has 28 heavy (non-hydrogen) atoms. The van der Waals surface area contributed by atoms with Gasteiger partial charge in [0.15, 0.2) is 0 Å². The molecule has 1 aliphatic carbocycles. The van der Waals surface area contributed by atoms with E-state index in [4.69, 9.17) is 8.83 Å². The molecule has 6 heteroatoms. The minimum atomic E-state index is -0.341. The van der Waals surface area contributed by atoms with E-state index in [-0.39, 0.29) is 5.63 Å². The van der Waals surface area contributed by atoms with Crippen molar-refractivity contribution in [2.75, 3.05) is 0 Å². The van der Waals surface area contributed by atoms with E-state index in [1.807, 2.05) is 24.3 Å². The van der Waals surface area contributed by atoms with Crippen molar-refractivity contribution >= 4 is 33.5 Å². The predicted molar refractivity (Wildman–Crippen MR) is 110 cm³/mol. The van der Waals surface area contributed by atoms with Gasteiger partial charge in [0, 0.05) is 23.1 Å². The summed E-state index contributed by atoms with van der Waals surface area (Å²) in [5, 5.41) is 12.2. The van der Waals surface area contributed by atoms with Gasteiger partial charge in [-0.2, -0.15) is 0 Å². The van der Waals surface area contributed by atoms with Crippen LogP contribution in [-0.4, -0.2) is 10.2 Å². The molecular weight excluding hydrogens is 372 g/mol. The molecule has 4 aromatic rings. The topological polar surface area (TPSA) is 69.1 Å². The van der Waals surface area contributed by atoms with E-state index < -0.39 is 0 Å². The highest BCUT2D eigenvalue weighted by molar-refractivity contribution is 7.98. The standard InChI is InChI=1S/C22H20N2O3S/c25-19-12-16(20-17-9-5-4-6-14(17)10-11-18(20)26-19)13-28-22-24-23-21(27-22)15-7-2-1-3-8-15/h4-6,9-12,15H,1-3,7-8,13H2. The second kappa shape index (κ2) is 7.43. The highest BCUT2D eigenvalue weighted by atomic mass is 32.2. The number of aromatic nitrogens is 2. The van der Waals surface area contributed by atoms with Crippen LogP contribution in [0.4, 0.5) is 0 Å². The van der Waals surface area contributed by atoms with E-state index in [1.54, 1.807) is 6.07 Å². The Bertz CT molecular complexity index is 1190. The maximum absolute atomic E-state index is 12.0. The molecule has 0 bridgehead atoms. The highest BCUT2D eigenvalue weighted by Gasteiger charge is 2.21. The van der Waals surface area contributed by atoms with E-state index in [0.717, 1.165) is 40.5 Å². The zero-order chi connectivity index (χ0) is 18.9. The van der Waals surface area contributed by atoms with Crippen molar-refractivity contribution in [3.05, 3.63) is 64.3 Å². The van der Waals surface area contributed by atoms with Gasteiger partial charge in [-0.1, -0.05) is 61.4 Å². The van der Waals surface area contributed by atoms with Crippen LogP contribution in [0, 0.1) is 0 Å². The molecule has 0 radical (unpaired) electrons. The van der Waals surface area contributed by atoms with Gasteiger partial charge < -0.3 is 8.83 Å². The molecule has 0 amide bonds. The Kier molecular flexibility index (Phi) is 4.64. The third-order valence-corrected chi connectivity index (χ3v) is 6.31. The largest absolute Gasteiger partial charge is 0.423 e. The highest BCUT2D eigenvalue weighted by Crippen LogP contribution is 2.34. The third-order valence-electron chi connectivity index (χ3n) is 5.44. The van der Waals surface area contributed by atoms with Gasteiger partial charge in [0.05, 0.1) is 0 Å². The Morgan fingerprint density at radius 1 is 1.00 bits per heavy atom. The van der Waals surface area contributed by atoms with Crippen LogP contribution >= 0.6 is 11.8 Å². The molecular formula is C22H20N2O3S. The van der Waals surface area contributed by atoms with Crippen molar-refractivity contribution in [3.8, 4) is 0 Å². The summed E-state index contributed by atoms with van der Waals surface area (Å²) in [4.78, 5) is 12.0. The zero-order valence-corrected chi connectivity index (χ0v) is 16.2. The van der Waals surface area contributed by atoms with Gasteiger partial charge in [0.2, 0.25) is 5.89 Å². The smallest absolute Gasteiger partial charge is 0.336 e. The summed E-state index contributed by atoms with van der Waals surface area (Å²) in [6, 6.07) is 13.5. The van der Waals surface area contributed by atoms with Crippen molar-refractivity contribution in [2.45, 2.75) is 49.0 Å². The van der Waals surface area contributed by atoms with Crippen molar-refractivity contribution in [3.63, 3.8) is 0 Å². The Morgan fingerprint density at radius 2 is 1.86 bits per heavy atom. The number of nitrogens with zero attached hydrogens (tertiary/aromatic N) is 2. The van der Waals surface area contributed by atoms with E-state index in [2.05, 4.69) is 22.3 Å². The number of fused-ring (bicyclic) bond motifs is 3. The van der Waals surface area contributed by atoms with E-state index in [1.165, 1.54) is 31.0 Å². The lowest BCUT2D eigenvalue weighted by Crippen LogP contribution is -2.04. The molecule has 5 rings (SSSR count). The van der Waals surface area contributed by atoms with Gasteiger partial charge in [0.25, 0.3) is 5.22 Å². The van der Waals surface area contributed by atoms with Crippen molar-refractivity contribution < 1.29 is 8.83 Å². The fourth-order valence-electron chi connectivity index (χ4n) is 4.07. The molecule has 0 saturated heterocycles. The van der Waals surface area contributed by atoms with Crippen molar-refractivity contribution in [2.24, 2.45) is 0 Å². The summed E-state index contributed by atoms with van der Waals surface area (Å²) < 4.78 is 11.3. The van der Waals surface area contributed by atoms with Crippen LogP contribution in [0.15, 0.2) is 61.3 Å². The zero-order valence-electron chi connectivity index (χ0n) is 15.4. The first-order valence-corrected chi connectivity index (χ1v) is 10.7. The fourth-order valence-corrected chi connectivity index (χ4v) is 4.82. The summed E-state index contributed by atoms with van der Waals surface area (Å²) >= 11 is 1.47. The molecule has 2 aromatic carbocycles. The summed E-state index contributed by atoms with van der Waals surface area (Å²) in [6.07, 6.45) is 6.01. The molecule has 1 aliphatic rings. The Labute approximate surface area is 166 Å². The second-order valence-electron chi connectivity index (χ2n) is 7.28. The van der Waals surface area contributed by atoms with Gasteiger partial charge >= 0.3 is 5.63 Å². The van der Waals surface area contributed by atoms with Gasteiger partial charge in [-0.25, -0.2) is 4.79 Å². The Morgan fingerprint density at radius 3 is 2.75 bits per heavy atom. The molecule has 2 heterocycles. The monoisotopic (exact) mass is 392 g/mol. The third kappa shape index (κ3) is 3.33. The number of hydrogen-bond acceptors (Lipinski definition) is 6. The van der Waals surface area contributed by atoms with Crippen LogP contribution in [0.1, 0.15) is 49.5 Å². The maximum atomic E-state index is 12.0. The van der Waals surface area contributed by atoms with Crippen LogP contribution in [0.5, 0.6) is 0 Å². The van der Waals surface area contributed by atoms with Crippen LogP contribution in [0.3, 0.4) is 0 Å². The second-order valence-corrected chi connectivity index (χ2v) is 8.21. The van der Waals surface area contributed by atoms with E-state index >= 15 is 0 Å². The molecule has 5 nitrogen and oxygen atoms in total. The first-order chi connectivity index (χ1) is 13.8. The first kappa shape index (κ1) is 17.5. The molecule has 1 saturated carbocycles. The van der Waals surface area contributed by atoms with Crippen molar-refractivity contribution in [1.29, 1.82) is 0 Å². The minimum absolute atomic E-state index is 0.341. The number of thioether (sulfide) groups is 1.